The number of hydrazine groups is 1. The number of nitrogens with one attached hydrogen (secondary N) is 5. The van der Waals surface area contributed by atoms with Crippen LogP contribution >= 0.6 is 0 Å². The fourth-order valence-electron chi connectivity index (χ4n) is 4.22. The van der Waals surface area contributed by atoms with Crippen molar-refractivity contribution in [1.82, 2.24) is 16.2 Å². The minimum atomic E-state index is -0.000831. The van der Waals surface area contributed by atoms with E-state index in [-0.39, 0.29) is 6.04 Å². The van der Waals surface area contributed by atoms with Crippen LogP contribution in [-0.2, 0) is 0 Å². The number of nitrogens with two attached hydrogens (primary N) is 1. The van der Waals surface area contributed by atoms with E-state index in [0.717, 1.165) is 17.9 Å². The highest BCUT2D eigenvalue weighted by Crippen LogP contribution is 2.27. The van der Waals surface area contributed by atoms with Crippen LogP contribution in [0.4, 0.5) is 11.4 Å². The first kappa shape index (κ1) is 19.5. The van der Waals surface area contributed by atoms with Gasteiger partial charge in [-0.25, -0.2) is 10.9 Å². The highest BCUT2D eigenvalue weighted by molar-refractivity contribution is 5.87. The summed E-state index contributed by atoms with van der Waals surface area (Å²) >= 11 is 0. The van der Waals surface area contributed by atoms with Gasteiger partial charge in [0.1, 0.15) is 6.17 Å². The Bertz CT molecular complexity index is 1180. The van der Waals surface area contributed by atoms with Crippen LogP contribution < -0.4 is 32.5 Å². The maximum absolute atomic E-state index is 6.37. The SMILES string of the molecule is NC(CNc1ccc2cc(C3CN3)ccc2c1)CNc1ccc2cc(C3NN3)ccc2c1. The number of benzene rings is 4. The fourth-order valence-corrected chi connectivity index (χ4v) is 4.22. The molecule has 162 valence electrons. The molecule has 6 rings (SSSR count). The highest BCUT2D eigenvalue weighted by Gasteiger charge is 2.22. The average Bonchev–Trinajstić information content (AvgIpc) is 3.73. The van der Waals surface area contributed by atoms with Crippen molar-refractivity contribution in [2.75, 3.05) is 30.3 Å². The van der Waals surface area contributed by atoms with Crippen LogP contribution in [0.25, 0.3) is 21.5 Å². The van der Waals surface area contributed by atoms with Crippen LogP contribution in [0.15, 0.2) is 72.8 Å². The fraction of sp³-hybridized carbons (Fsp3) is 0.231. The van der Waals surface area contributed by atoms with Crippen molar-refractivity contribution < 1.29 is 0 Å². The lowest BCUT2D eigenvalue weighted by Crippen LogP contribution is -2.35. The Balaban J connectivity index is 1.04. The van der Waals surface area contributed by atoms with E-state index < -0.39 is 0 Å². The summed E-state index contributed by atoms with van der Waals surface area (Å²) in [5.41, 5.74) is 17.4. The van der Waals surface area contributed by atoms with Gasteiger partial charge in [0.25, 0.3) is 0 Å². The first-order chi connectivity index (χ1) is 15.7. The van der Waals surface area contributed by atoms with Gasteiger partial charge in [-0.2, -0.15) is 0 Å². The summed E-state index contributed by atoms with van der Waals surface area (Å²) in [6.45, 7) is 2.51. The molecule has 0 aromatic heterocycles. The zero-order chi connectivity index (χ0) is 21.5. The van der Waals surface area contributed by atoms with E-state index in [1.54, 1.807) is 0 Å². The van der Waals surface area contributed by atoms with E-state index in [1.165, 1.54) is 32.7 Å². The Morgan fingerprint density at radius 1 is 0.719 bits per heavy atom. The lowest BCUT2D eigenvalue weighted by molar-refractivity contribution is 0.736. The summed E-state index contributed by atoms with van der Waals surface area (Å²) in [4.78, 5) is 0. The second-order valence-electron chi connectivity index (χ2n) is 8.85. The molecule has 0 saturated carbocycles. The zero-order valence-electron chi connectivity index (χ0n) is 17.9. The van der Waals surface area contributed by atoms with Crippen LogP contribution in [0.3, 0.4) is 0 Å². The summed E-state index contributed by atoms with van der Waals surface area (Å²) in [5, 5.41) is 15.3. The Kier molecular flexibility index (Phi) is 4.92. The van der Waals surface area contributed by atoms with Gasteiger partial charge in [-0.15, -0.1) is 0 Å². The van der Waals surface area contributed by atoms with Gasteiger partial charge in [-0.3, -0.25) is 0 Å². The Labute approximate surface area is 187 Å². The van der Waals surface area contributed by atoms with Crippen LogP contribution in [0.5, 0.6) is 0 Å². The molecule has 2 aliphatic rings. The molecular formula is C26H28N6. The summed E-state index contributed by atoms with van der Waals surface area (Å²) < 4.78 is 0. The second-order valence-corrected chi connectivity index (χ2v) is 8.85. The Morgan fingerprint density at radius 3 is 1.78 bits per heavy atom. The predicted octanol–water partition coefficient (Wildman–Crippen LogP) is 3.60. The molecule has 4 aromatic carbocycles. The minimum Gasteiger partial charge on any atom is -0.383 e. The van der Waals surface area contributed by atoms with Crippen molar-refractivity contribution in [2.45, 2.75) is 18.2 Å². The smallest absolute Gasteiger partial charge is 0.109 e. The summed E-state index contributed by atoms with van der Waals surface area (Å²) in [5.74, 6) is 0. The number of rotatable bonds is 8. The van der Waals surface area contributed by atoms with Crippen molar-refractivity contribution >= 4 is 32.9 Å². The van der Waals surface area contributed by atoms with Crippen molar-refractivity contribution in [1.29, 1.82) is 0 Å². The second kappa shape index (κ2) is 8.07. The molecule has 0 amide bonds. The van der Waals surface area contributed by atoms with Gasteiger partial charge in [0.2, 0.25) is 0 Å². The first-order valence-electron chi connectivity index (χ1n) is 11.3. The van der Waals surface area contributed by atoms with Gasteiger partial charge in [0, 0.05) is 43.1 Å². The van der Waals surface area contributed by atoms with Crippen molar-refractivity contribution in [2.24, 2.45) is 5.73 Å². The Hall–Kier alpha value is -3.16. The summed E-state index contributed by atoms with van der Waals surface area (Å²) in [7, 11) is 0. The average molecular weight is 425 g/mol. The highest BCUT2D eigenvalue weighted by atomic mass is 15.6. The molecule has 2 aliphatic heterocycles. The molecule has 2 unspecified atom stereocenters. The third kappa shape index (κ3) is 4.26. The third-order valence-electron chi connectivity index (χ3n) is 6.30. The van der Waals surface area contributed by atoms with Crippen molar-refractivity contribution in [3.8, 4) is 0 Å². The monoisotopic (exact) mass is 424 g/mol. The van der Waals surface area contributed by atoms with Gasteiger partial charge >= 0.3 is 0 Å². The standard InChI is InChI=1S/C26H28N6/c27-22(13-28-23-7-5-16-9-20(25-15-30-25)3-1-18(16)11-23)14-29-24-8-6-17-10-21(26-31-32-26)4-2-19(17)12-24/h1-12,22,25-26,28-32H,13-15,27H2. The largest absolute Gasteiger partial charge is 0.383 e. The summed E-state index contributed by atoms with van der Waals surface area (Å²) in [6, 6.07) is 26.8. The first-order valence-corrected chi connectivity index (χ1v) is 11.3. The molecular weight excluding hydrogens is 396 g/mol. The van der Waals surface area contributed by atoms with E-state index in [9.17, 15) is 0 Å². The maximum Gasteiger partial charge on any atom is 0.109 e. The predicted molar refractivity (Wildman–Crippen MR) is 133 cm³/mol. The molecule has 0 bridgehead atoms. The van der Waals surface area contributed by atoms with Crippen molar-refractivity contribution in [3.63, 3.8) is 0 Å². The molecule has 0 radical (unpaired) electrons. The van der Waals surface area contributed by atoms with Gasteiger partial charge in [-0.1, -0.05) is 36.4 Å². The van der Waals surface area contributed by atoms with Gasteiger partial charge in [0.05, 0.1) is 0 Å². The maximum atomic E-state index is 6.37. The minimum absolute atomic E-state index is 0.000831. The van der Waals surface area contributed by atoms with Crippen LogP contribution in [0.1, 0.15) is 23.3 Å². The zero-order valence-corrected chi connectivity index (χ0v) is 17.9. The van der Waals surface area contributed by atoms with Crippen LogP contribution in [-0.4, -0.2) is 25.7 Å². The molecule has 6 nitrogen and oxygen atoms in total. The lowest BCUT2D eigenvalue weighted by atomic mass is 10.0. The topological polar surface area (TPSA) is 116 Å². The van der Waals surface area contributed by atoms with E-state index >= 15 is 0 Å². The molecule has 0 spiro atoms. The third-order valence-corrected chi connectivity index (χ3v) is 6.30. The number of hydrogen-bond donors (Lipinski definition) is 6. The van der Waals surface area contributed by atoms with Gasteiger partial charge in [0.15, 0.2) is 0 Å². The van der Waals surface area contributed by atoms with E-state index in [4.69, 9.17) is 5.73 Å². The lowest BCUT2D eigenvalue weighted by Gasteiger charge is -2.16. The molecule has 2 atom stereocenters. The van der Waals surface area contributed by atoms with Crippen molar-refractivity contribution in [3.05, 3.63) is 83.9 Å². The normalized spacial score (nSPS) is 18.6. The van der Waals surface area contributed by atoms with Gasteiger partial charge < -0.3 is 21.7 Å². The van der Waals surface area contributed by atoms with E-state index in [0.29, 0.717) is 25.3 Å². The van der Waals surface area contributed by atoms with Crippen LogP contribution in [0.2, 0.25) is 0 Å². The molecule has 2 fully saturated rings. The quantitative estimate of drug-likeness (QED) is 0.241. The molecule has 7 N–H and O–H groups in total. The molecule has 32 heavy (non-hydrogen) atoms. The van der Waals surface area contributed by atoms with E-state index in [1.807, 2.05) is 0 Å². The van der Waals surface area contributed by atoms with Crippen LogP contribution in [0, 0.1) is 0 Å². The van der Waals surface area contributed by atoms with E-state index in [2.05, 4.69) is 99.6 Å². The molecule has 6 heteroatoms. The number of fused-ring (bicyclic) bond motifs is 2. The Morgan fingerprint density at radius 2 is 1.22 bits per heavy atom. The molecule has 2 saturated heterocycles. The number of hydrogen-bond acceptors (Lipinski definition) is 6. The summed E-state index contributed by atoms with van der Waals surface area (Å²) in [6.07, 6.45) is 0.294. The molecule has 4 aromatic rings. The molecule has 2 heterocycles. The molecule has 0 aliphatic carbocycles. The van der Waals surface area contributed by atoms with Gasteiger partial charge in [-0.05, 0) is 69.1 Å². The number of anilines is 2.